The second kappa shape index (κ2) is 9.59. The van der Waals surface area contributed by atoms with Gasteiger partial charge in [-0.05, 0) is 54.5 Å². The number of carbonyl (C=O) groups is 1. The van der Waals surface area contributed by atoms with Crippen LogP contribution in [0.1, 0.15) is 36.6 Å². The molecule has 1 aliphatic rings. The average Bonchev–Trinajstić information content (AvgIpc) is 3.35. The predicted molar refractivity (Wildman–Crippen MR) is 105 cm³/mol. The molecule has 0 radical (unpaired) electrons. The Kier molecular flexibility index (Phi) is 6.91. The van der Waals surface area contributed by atoms with Crippen LogP contribution >= 0.6 is 11.3 Å². The highest BCUT2D eigenvalue weighted by molar-refractivity contribution is 7.10. The second-order valence-corrected chi connectivity index (χ2v) is 7.48. The molecule has 2 N–H and O–H groups in total. The molecule has 0 bridgehead atoms. The van der Waals surface area contributed by atoms with Crippen molar-refractivity contribution in [1.29, 1.82) is 0 Å². The number of urea groups is 1. The Balaban J connectivity index is 1.56. The molecule has 1 aliphatic carbocycles. The molecule has 140 valence electrons. The van der Waals surface area contributed by atoms with Crippen LogP contribution in [0, 0.1) is 5.92 Å². The van der Waals surface area contributed by atoms with Gasteiger partial charge in [0.15, 0.2) is 0 Å². The van der Waals surface area contributed by atoms with E-state index in [4.69, 9.17) is 9.47 Å². The smallest absolute Gasteiger partial charge is 0.319 e. The molecule has 1 aromatic heterocycles. The first kappa shape index (κ1) is 18.7. The number of carbonyl (C=O) groups excluding carboxylic acids is 1. The fraction of sp³-hybridized carbons (Fsp3) is 0.450. The number of benzene rings is 1. The Hall–Kier alpha value is -2.05. The van der Waals surface area contributed by atoms with Crippen molar-refractivity contribution < 1.29 is 14.3 Å². The summed E-state index contributed by atoms with van der Waals surface area (Å²) in [5.41, 5.74) is 0.748. The number of amides is 2. The Morgan fingerprint density at radius 1 is 1.19 bits per heavy atom. The van der Waals surface area contributed by atoms with E-state index >= 15 is 0 Å². The van der Waals surface area contributed by atoms with Gasteiger partial charge < -0.3 is 20.1 Å². The molecule has 1 unspecified atom stereocenters. The molecule has 1 saturated carbocycles. The molecule has 2 aromatic rings. The number of anilines is 1. The first-order valence-electron chi connectivity index (χ1n) is 9.09. The molecular weight excluding hydrogens is 348 g/mol. The van der Waals surface area contributed by atoms with E-state index in [0.717, 1.165) is 11.4 Å². The molecule has 26 heavy (non-hydrogen) atoms. The summed E-state index contributed by atoms with van der Waals surface area (Å²) in [4.78, 5) is 13.7. The molecule has 5 nitrogen and oxygen atoms in total. The van der Waals surface area contributed by atoms with Gasteiger partial charge in [-0.3, -0.25) is 0 Å². The second-order valence-electron chi connectivity index (χ2n) is 6.50. The fourth-order valence-electron chi connectivity index (χ4n) is 3.37. The van der Waals surface area contributed by atoms with Gasteiger partial charge in [0, 0.05) is 17.7 Å². The number of thiophene rings is 1. The third-order valence-corrected chi connectivity index (χ3v) is 5.63. The summed E-state index contributed by atoms with van der Waals surface area (Å²) in [6.45, 7) is 1.06. The largest absolute Gasteiger partial charge is 0.491 e. The highest BCUT2D eigenvalue weighted by Crippen LogP contribution is 2.37. The molecule has 3 rings (SSSR count). The van der Waals surface area contributed by atoms with Crippen molar-refractivity contribution >= 4 is 23.1 Å². The van der Waals surface area contributed by atoms with Crippen LogP contribution in [0.2, 0.25) is 0 Å². The predicted octanol–water partition coefficient (Wildman–Crippen LogP) is 4.83. The zero-order valence-corrected chi connectivity index (χ0v) is 15.9. The average molecular weight is 375 g/mol. The SMILES string of the molecule is COCCOc1ccc(NC(=O)NC(c2cccs2)C2CCCC2)cc1. The summed E-state index contributed by atoms with van der Waals surface area (Å²) in [7, 11) is 1.64. The van der Waals surface area contributed by atoms with Crippen molar-refractivity contribution in [2.24, 2.45) is 5.92 Å². The Morgan fingerprint density at radius 2 is 1.96 bits per heavy atom. The van der Waals surface area contributed by atoms with Crippen molar-refractivity contribution in [1.82, 2.24) is 5.32 Å². The molecule has 1 heterocycles. The van der Waals surface area contributed by atoms with Crippen LogP contribution in [0.15, 0.2) is 41.8 Å². The maximum Gasteiger partial charge on any atom is 0.319 e. The zero-order valence-electron chi connectivity index (χ0n) is 15.1. The molecule has 0 aliphatic heterocycles. The van der Waals surface area contributed by atoms with Gasteiger partial charge >= 0.3 is 6.03 Å². The van der Waals surface area contributed by atoms with Gasteiger partial charge in [0.2, 0.25) is 0 Å². The molecule has 0 spiro atoms. The Morgan fingerprint density at radius 3 is 2.62 bits per heavy atom. The third-order valence-electron chi connectivity index (χ3n) is 4.68. The van der Waals surface area contributed by atoms with Crippen LogP contribution in [0.25, 0.3) is 0 Å². The maximum atomic E-state index is 12.5. The fourth-order valence-corrected chi connectivity index (χ4v) is 4.24. The molecule has 0 saturated heterocycles. The van der Waals surface area contributed by atoms with E-state index in [0.29, 0.717) is 19.1 Å². The number of ether oxygens (including phenoxy) is 2. The van der Waals surface area contributed by atoms with Gasteiger partial charge in [0.05, 0.1) is 12.6 Å². The summed E-state index contributed by atoms with van der Waals surface area (Å²) in [6, 6.07) is 11.5. The highest BCUT2D eigenvalue weighted by Gasteiger charge is 2.28. The molecule has 1 fully saturated rings. The normalized spacial score (nSPS) is 15.6. The summed E-state index contributed by atoms with van der Waals surface area (Å²) >= 11 is 1.71. The van der Waals surface area contributed by atoms with E-state index in [1.807, 2.05) is 30.3 Å². The minimum atomic E-state index is -0.164. The highest BCUT2D eigenvalue weighted by atomic mass is 32.1. The topological polar surface area (TPSA) is 59.6 Å². The lowest BCUT2D eigenvalue weighted by Crippen LogP contribution is -2.35. The van der Waals surface area contributed by atoms with Crippen molar-refractivity contribution in [2.45, 2.75) is 31.7 Å². The van der Waals surface area contributed by atoms with Crippen LogP contribution in [-0.4, -0.2) is 26.4 Å². The number of methoxy groups -OCH3 is 1. The lowest BCUT2D eigenvalue weighted by atomic mass is 9.97. The first-order valence-corrected chi connectivity index (χ1v) is 9.97. The minimum absolute atomic E-state index is 0.0918. The summed E-state index contributed by atoms with van der Waals surface area (Å²) in [5, 5.41) is 8.17. The monoisotopic (exact) mass is 374 g/mol. The van der Waals surface area contributed by atoms with E-state index in [9.17, 15) is 4.79 Å². The Bertz CT molecular complexity index is 667. The molecule has 1 aromatic carbocycles. The van der Waals surface area contributed by atoms with Gasteiger partial charge in [0.25, 0.3) is 0 Å². The Labute approximate surface area is 158 Å². The quantitative estimate of drug-likeness (QED) is 0.651. The molecular formula is C20H26N2O3S. The van der Waals surface area contributed by atoms with Crippen LogP contribution < -0.4 is 15.4 Å². The first-order chi connectivity index (χ1) is 12.8. The van der Waals surface area contributed by atoms with Gasteiger partial charge in [0.1, 0.15) is 12.4 Å². The molecule has 2 amide bonds. The summed E-state index contributed by atoms with van der Waals surface area (Å²) in [6.07, 6.45) is 4.85. The summed E-state index contributed by atoms with van der Waals surface area (Å²) < 4.78 is 10.5. The van der Waals surface area contributed by atoms with Gasteiger partial charge in [-0.1, -0.05) is 18.9 Å². The van der Waals surface area contributed by atoms with Crippen molar-refractivity contribution in [3.63, 3.8) is 0 Å². The van der Waals surface area contributed by atoms with E-state index in [2.05, 4.69) is 22.1 Å². The molecule has 6 heteroatoms. The lowest BCUT2D eigenvalue weighted by molar-refractivity contribution is 0.146. The number of hydrogen-bond acceptors (Lipinski definition) is 4. The van der Waals surface area contributed by atoms with Crippen LogP contribution in [0.3, 0.4) is 0 Å². The van der Waals surface area contributed by atoms with Gasteiger partial charge in [-0.15, -0.1) is 11.3 Å². The number of hydrogen-bond donors (Lipinski definition) is 2. The van der Waals surface area contributed by atoms with Crippen molar-refractivity contribution in [2.75, 3.05) is 25.6 Å². The zero-order chi connectivity index (χ0) is 18.2. The lowest BCUT2D eigenvalue weighted by Gasteiger charge is -2.24. The maximum absolute atomic E-state index is 12.5. The third kappa shape index (κ3) is 5.22. The summed E-state index contributed by atoms with van der Waals surface area (Å²) in [5.74, 6) is 1.28. The van der Waals surface area contributed by atoms with E-state index in [1.165, 1.54) is 30.6 Å². The van der Waals surface area contributed by atoms with Crippen molar-refractivity contribution in [3.8, 4) is 5.75 Å². The van der Waals surface area contributed by atoms with Crippen LogP contribution in [0.4, 0.5) is 10.5 Å². The van der Waals surface area contributed by atoms with Gasteiger partial charge in [-0.2, -0.15) is 0 Å². The van der Waals surface area contributed by atoms with Gasteiger partial charge in [-0.25, -0.2) is 4.79 Å². The van der Waals surface area contributed by atoms with E-state index in [-0.39, 0.29) is 12.1 Å². The van der Waals surface area contributed by atoms with E-state index < -0.39 is 0 Å². The van der Waals surface area contributed by atoms with Crippen LogP contribution in [0.5, 0.6) is 5.75 Å². The molecule has 1 atom stereocenters. The standard InChI is InChI=1S/C20H26N2O3S/c1-24-12-13-25-17-10-8-16(9-11-17)21-20(23)22-19(15-5-2-3-6-15)18-7-4-14-26-18/h4,7-11,14-15,19H,2-3,5-6,12-13H2,1H3,(H2,21,22,23). The van der Waals surface area contributed by atoms with E-state index in [1.54, 1.807) is 18.4 Å². The van der Waals surface area contributed by atoms with Crippen molar-refractivity contribution in [3.05, 3.63) is 46.7 Å². The number of rotatable bonds is 8. The van der Waals surface area contributed by atoms with Crippen LogP contribution in [-0.2, 0) is 4.74 Å². The number of nitrogens with one attached hydrogen (secondary N) is 2. The minimum Gasteiger partial charge on any atom is -0.491 e.